The lowest BCUT2D eigenvalue weighted by Gasteiger charge is -2.63. The van der Waals surface area contributed by atoms with Gasteiger partial charge in [0.1, 0.15) is 22.4 Å². The first-order valence-electron chi connectivity index (χ1n) is 34.6. The van der Waals surface area contributed by atoms with Crippen LogP contribution in [-0.2, 0) is 38.1 Å². The largest absolute Gasteiger partial charge is 0.459 e. The van der Waals surface area contributed by atoms with Crippen molar-refractivity contribution < 1.29 is 38.1 Å². The average molecular weight is 1130 g/mol. The first-order chi connectivity index (χ1) is 37.6. The molecular formula is C73H128O8. The van der Waals surface area contributed by atoms with E-state index in [4.69, 9.17) is 18.9 Å². The third kappa shape index (κ3) is 14.7. The molecule has 0 saturated heterocycles. The molecule has 11 aliphatic rings. The van der Waals surface area contributed by atoms with Gasteiger partial charge in [-0.05, 0) is 297 Å². The van der Waals surface area contributed by atoms with Gasteiger partial charge in [0.2, 0.25) is 0 Å². The van der Waals surface area contributed by atoms with Crippen LogP contribution in [0.1, 0.15) is 325 Å². The van der Waals surface area contributed by atoms with Crippen molar-refractivity contribution in [1.82, 2.24) is 0 Å². The highest BCUT2D eigenvalue weighted by Crippen LogP contribution is 2.67. The first-order valence-corrected chi connectivity index (χ1v) is 34.6. The molecule has 0 radical (unpaired) electrons. The molecule has 8 heteroatoms. The predicted octanol–water partition coefficient (Wildman–Crippen LogP) is 20.0. The molecule has 10 bridgehead atoms. The second kappa shape index (κ2) is 26.1. The van der Waals surface area contributed by atoms with Gasteiger partial charge in [0, 0.05) is 16.7 Å². The van der Waals surface area contributed by atoms with Gasteiger partial charge in [-0.15, -0.1) is 0 Å². The monoisotopic (exact) mass is 1130 g/mol. The molecule has 11 rings (SSSR count). The Kier molecular flexibility index (Phi) is 21.9. The molecule has 3 atom stereocenters. The third-order valence-corrected chi connectivity index (χ3v) is 25.7. The van der Waals surface area contributed by atoms with Gasteiger partial charge in [-0.2, -0.15) is 0 Å². The zero-order valence-corrected chi connectivity index (χ0v) is 56.5. The fourth-order valence-corrected chi connectivity index (χ4v) is 18.7. The molecule has 0 aromatic rings. The first kappa shape index (κ1) is 68.0. The molecule has 11 aliphatic carbocycles. The summed E-state index contributed by atoms with van der Waals surface area (Å²) in [6, 6.07) is 0. The molecule has 0 aliphatic heterocycles. The number of hydrogen-bond acceptors (Lipinski definition) is 8. The highest BCUT2D eigenvalue weighted by atomic mass is 16.6. The molecule has 0 heterocycles. The Morgan fingerprint density at radius 2 is 0.716 bits per heavy atom. The molecule has 81 heavy (non-hydrogen) atoms. The van der Waals surface area contributed by atoms with Gasteiger partial charge in [0.05, 0.1) is 21.7 Å². The number of ether oxygens (including phenoxy) is 4. The molecule has 0 aromatic heterocycles. The fraction of sp³-hybridized carbons (Fsp3) is 0.945. The summed E-state index contributed by atoms with van der Waals surface area (Å²) in [6.07, 6.45) is 35.3. The van der Waals surface area contributed by atoms with Crippen molar-refractivity contribution in [2.45, 2.75) is 347 Å². The fourth-order valence-electron chi connectivity index (χ4n) is 18.7. The second-order valence-corrected chi connectivity index (χ2v) is 33.1. The molecule has 11 fully saturated rings. The van der Waals surface area contributed by atoms with E-state index in [1.54, 1.807) is 0 Å². The van der Waals surface area contributed by atoms with E-state index in [0.29, 0.717) is 11.8 Å². The van der Waals surface area contributed by atoms with Crippen LogP contribution in [-0.4, -0.2) is 46.3 Å². The maximum Gasteiger partial charge on any atom is 0.312 e. The summed E-state index contributed by atoms with van der Waals surface area (Å²) in [5, 5.41) is 0. The third-order valence-electron chi connectivity index (χ3n) is 25.7. The molecule has 3 unspecified atom stereocenters. The Labute approximate surface area is 498 Å². The zero-order chi connectivity index (χ0) is 60.4. The van der Waals surface area contributed by atoms with Crippen LogP contribution in [0.15, 0.2) is 0 Å². The highest BCUT2D eigenvalue weighted by Gasteiger charge is 2.62. The van der Waals surface area contributed by atoms with E-state index in [-0.39, 0.29) is 78.8 Å². The van der Waals surface area contributed by atoms with Crippen molar-refractivity contribution in [3.63, 3.8) is 0 Å². The van der Waals surface area contributed by atoms with Crippen LogP contribution in [0.4, 0.5) is 0 Å². The van der Waals surface area contributed by atoms with Gasteiger partial charge in [-0.3, -0.25) is 19.2 Å². The lowest BCUT2D eigenvalue weighted by atomic mass is 9.44. The molecule has 0 amide bonds. The molecular weight excluding hydrogens is 1000 g/mol. The Morgan fingerprint density at radius 3 is 1.05 bits per heavy atom. The normalized spacial score (nSPS) is 31.7. The van der Waals surface area contributed by atoms with Gasteiger partial charge in [0.25, 0.3) is 0 Å². The minimum Gasteiger partial charge on any atom is -0.459 e. The summed E-state index contributed by atoms with van der Waals surface area (Å²) in [4.78, 5) is 50.2. The number of carbonyl (C=O) groups excluding carboxylic acids is 4. The maximum atomic E-state index is 12.9. The highest BCUT2D eigenvalue weighted by molar-refractivity contribution is 5.78. The SMILES string of the molecule is CCC(C)(C)C(=O)OC(C)(C)C12CC3CC(CC(C3)C1)C2.CCC(C)(C)C(=O)OC(C)(C)C1CC2CCC1C2.CCC(C)(C)C(=O)OC(CC)(CC)C12CC3CC(CC(C3)C1)C2.CCC(C)(C)C(=O)OC(CC)(CC)C1CCCCC1. The van der Waals surface area contributed by atoms with E-state index in [2.05, 4.69) is 76.2 Å². The van der Waals surface area contributed by atoms with E-state index in [1.807, 2.05) is 62.3 Å². The lowest BCUT2D eigenvalue weighted by Crippen LogP contribution is -2.60. The van der Waals surface area contributed by atoms with Crippen molar-refractivity contribution in [2.75, 3.05) is 0 Å². The lowest BCUT2D eigenvalue weighted by molar-refractivity contribution is -0.219. The van der Waals surface area contributed by atoms with Crippen LogP contribution < -0.4 is 0 Å². The zero-order valence-electron chi connectivity index (χ0n) is 56.5. The minimum absolute atomic E-state index is 0.00857. The van der Waals surface area contributed by atoms with Crippen molar-refractivity contribution >= 4 is 23.9 Å². The van der Waals surface area contributed by atoms with E-state index >= 15 is 0 Å². The van der Waals surface area contributed by atoms with E-state index in [1.165, 1.54) is 135 Å². The summed E-state index contributed by atoms with van der Waals surface area (Å²) in [5.41, 5.74) is -1.96. The van der Waals surface area contributed by atoms with E-state index in [9.17, 15) is 19.2 Å². The molecule has 468 valence electrons. The van der Waals surface area contributed by atoms with Crippen LogP contribution in [0.3, 0.4) is 0 Å². The summed E-state index contributed by atoms with van der Waals surface area (Å²) in [7, 11) is 0. The standard InChI is InChI=1S/C21H36O2.C19H32O2.C17H32O2.C16H28O2/c1-6-19(4,5)18(22)23-21(7-2,8-3)20-12-15-9-16(13-20)11-17(10-15)14-20;1-6-17(2,3)16(20)21-18(4,5)19-10-13-7-14(11-19)9-15(8-13)12-19;1-6-16(4,5)15(18)19-17(7-2,8-3)14-12-10-9-11-13-14;1-6-15(2,3)14(17)18-16(4,5)13-10-11-7-8-12(13)9-11/h15-17H,6-14H2,1-5H3;13-15H,6-12H2,1-5H3;14H,6-13H2,1-5H3;11-13H,6-10H2,1-5H3. The van der Waals surface area contributed by atoms with Crippen LogP contribution in [0, 0.1) is 91.7 Å². The molecule has 0 spiro atoms. The van der Waals surface area contributed by atoms with Crippen molar-refractivity contribution in [3.05, 3.63) is 0 Å². The van der Waals surface area contributed by atoms with Gasteiger partial charge >= 0.3 is 23.9 Å². The minimum atomic E-state index is -0.363. The smallest absolute Gasteiger partial charge is 0.312 e. The summed E-state index contributed by atoms with van der Waals surface area (Å²) in [5.74, 6) is 8.20. The van der Waals surface area contributed by atoms with Crippen LogP contribution in [0.5, 0.6) is 0 Å². The van der Waals surface area contributed by atoms with E-state index in [0.717, 1.165) is 98.7 Å². The van der Waals surface area contributed by atoms with Gasteiger partial charge in [-0.25, -0.2) is 0 Å². The predicted molar refractivity (Wildman–Crippen MR) is 332 cm³/mol. The quantitative estimate of drug-likeness (QED) is 0.0877. The Morgan fingerprint density at radius 1 is 0.358 bits per heavy atom. The summed E-state index contributed by atoms with van der Waals surface area (Å²) < 4.78 is 24.6. The maximum absolute atomic E-state index is 12.9. The van der Waals surface area contributed by atoms with Crippen molar-refractivity contribution in [3.8, 4) is 0 Å². The van der Waals surface area contributed by atoms with Crippen LogP contribution >= 0.6 is 0 Å². The van der Waals surface area contributed by atoms with Gasteiger partial charge in [0.15, 0.2) is 0 Å². The topological polar surface area (TPSA) is 105 Å². The molecule has 0 N–H and O–H groups in total. The molecule has 8 nitrogen and oxygen atoms in total. The molecule has 11 saturated carbocycles. The number of esters is 4. The number of carbonyl (C=O) groups is 4. The summed E-state index contributed by atoms with van der Waals surface area (Å²) >= 11 is 0. The number of hydrogen-bond donors (Lipinski definition) is 0. The Balaban J connectivity index is 0.000000175. The Hall–Kier alpha value is -2.12. The van der Waals surface area contributed by atoms with Gasteiger partial charge in [-0.1, -0.05) is 81.1 Å². The van der Waals surface area contributed by atoms with E-state index < -0.39 is 0 Å². The molecule has 0 aromatic carbocycles. The Bertz CT molecular complexity index is 2020. The average Bonchev–Trinajstić information content (AvgIpc) is 4.08. The number of fused-ring (bicyclic) bond motifs is 2. The second-order valence-electron chi connectivity index (χ2n) is 33.1. The van der Waals surface area contributed by atoms with Crippen molar-refractivity contribution in [2.24, 2.45) is 91.7 Å². The van der Waals surface area contributed by atoms with Crippen LogP contribution in [0.2, 0.25) is 0 Å². The summed E-state index contributed by atoms with van der Waals surface area (Å²) in [6.45, 7) is 41.7. The van der Waals surface area contributed by atoms with Crippen LogP contribution in [0.25, 0.3) is 0 Å². The van der Waals surface area contributed by atoms with Crippen molar-refractivity contribution in [1.29, 1.82) is 0 Å². The van der Waals surface area contributed by atoms with Gasteiger partial charge < -0.3 is 18.9 Å². The number of rotatable bonds is 20.